The summed E-state index contributed by atoms with van der Waals surface area (Å²) in [5, 5.41) is 0.710. The molecular formula is C19H24F2N2O2. The van der Waals surface area contributed by atoms with Crippen LogP contribution in [0.25, 0.3) is 10.9 Å². The summed E-state index contributed by atoms with van der Waals surface area (Å²) in [5.74, 6) is -1.51. The van der Waals surface area contributed by atoms with Crippen LogP contribution < -0.4 is 0 Å². The Bertz CT molecular complexity index is 795. The van der Waals surface area contributed by atoms with Gasteiger partial charge in [-0.1, -0.05) is 0 Å². The van der Waals surface area contributed by atoms with Crippen molar-refractivity contribution in [2.75, 3.05) is 6.54 Å². The SMILES string of the molecule is CC1CC(c2c[nH]c3c(F)c(F)ccc23)CCN1C(=O)OC(C)(C)C. The number of fused-ring (bicyclic) bond motifs is 1. The fourth-order valence-electron chi connectivity index (χ4n) is 3.54. The first-order valence-corrected chi connectivity index (χ1v) is 8.62. The van der Waals surface area contributed by atoms with Crippen molar-refractivity contribution in [2.45, 2.75) is 58.1 Å². The van der Waals surface area contributed by atoms with Gasteiger partial charge in [0.1, 0.15) is 5.60 Å². The molecule has 0 saturated carbocycles. The van der Waals surface area contributed by atoms with Gasteiger partial charge in [0.05, 0.1) is 5.52 Å². The summed E-state index contributed by atoms with van der Waals surface area (Å²) in [4.78, 5) is 16.9. The molecule has 1 aliphatic rings. The van der Waals surface area contributed by atoms with Crippen LogP contribution in [0.2, 0.25) is 0 Å². The quantitative estimate of drug-likeness (QED) is 0.791. The predicted octanol–water partition coefficient (Wildman–Crippen LogP) is 4.95. The Hall–Kier alpha value is -2.11. The molecule has 0 spiro atoms. The van der Waals surface area contributed by atoms with Gasteiger partial charge in [-0.25, -0.2) is 13.6 Å². The van der Waals surface area contributed by atoms with Crippen LogP contribution in [0.1, 0.15) is 52.0 Å². The number of amides is 1. The van der Waals surface area contributed by atoms with Crippen molar-refractivity contribution in [2.24, 2.45) is 0 Å². The lowest BCUT2D eigenvalue weighted by atomic mass is 9.86. The summed E-state index contributed by atoms with van der Waals surface area (Å²) in [5.41, 5.74) is 0.661. The summed E-state index contributed by atoms with van der Waals surface area (Å²) in [6, 6.07) is 2.79. The molecule has 2 aromatic rings. The number of hydrogen-bond donors (Lipinski definition) is 1. The molecule has 3 rings (SSSR count). The van der Waals surface area contributed by atoms with E-state index in [0.717, 1.165) is 24.5 Å². The number of aromatic nitrogens is 1. The van der Waals surface area contributed by atoms with Crippen LogP contribution in [0.3, 0.4) is 0 Å². The Morgan fingerprint density at radius 3 is 2.68 bits per heavy atom. The number of piperidine rings is 1. The first-order chi connectivity index (χ1) is 11.7. The predicted molar refractivity (Wildman–Crippen MR) is 92.6 cm³/mol. The van der Waals surface area contributed by atoms with Gasteiger partial charge in [-0.05, 0) is 64.2 Å². The number of nitrogens with one attached hydrogen (secondary N) is 1. The van der Waals surface area contributed by atoms with E-state index < -0.39 is 17.2 Å². The Labute approximate surface area is 146 Å². The van der Waals surface area contributed by atoms with E-state index in [0.29, 0.717) is 11.9 Å². The van der Waals surface area contributed by atoms with Gasteiger partial charge in [0.15, 0.2) is 11.6 Å². The summed E-state index contributed by atoms with van der Waals surface area (Å²) >= 11 is 0. The fraction of sp³-hybridized carbons (Fsp3) is 0.526. The average Bonchev–Trinajstić information content (AvgIpc) is 2.93. The second kappa shape index (κ2) is 6.32. The number of ether oxygens (including phenoxy) is 1. The molecule has 2 heterocycles. The molecule has 4 nitrogen and oxygen atoms in total. The Morgan fingerprint density at radius 2 is 2.04 bits per heavy atom. The van der Waals surface area contributed by atoms with Crippen LogP contribution in [0.5, 0.6) is 0 Å². The highest BCUT2D eigenvalue weighted by Gasteiger charge is 2.33. The molecular weight excluding hydrogens is 326 g/mol. The van der Waals surface area contributed by atoms with Gasteiger partial charge < -0.3 is 14.6 Å². The van der Waals surface area contributed by atoms with Crippen LogP contribution in [-0.4, -0.2) is 34.2 Å². The zero-order valence-electron chi connectivity index (χ0n) is 15.0. The Kier molecular flexibility index (Phi) is 4.47. The number of nitrogens with zero attached hydrogens (tertiary/aromatic N) is 1. The topological polar surface area (TPSA) is 45.3 Å². The maximum absolute atomic E-state index is 13.9. The lowest BCUT2D eigenvalue weighted by Gasteiger charge is -2.38. The van der Waals surface area contributed by atoms with Crippen molar-refractivity contribution in [3.63, 3.8) is 0 Å². The zero-order chi connectivity index (χ0) is 18.4. The molecule has 1 N–H and O–H groups in total. The summed E-state index contributed by atoms with van der Waals surface area (Å²) in [7, 11) is 0. The lowest BCUT2D eigenvalue weighted by molar-refractivity contribution is 0.0104. The first kappa shape index (κ1) is 17.7. The van der Waals surface area contributed by atoms with Crippen LogP contribution in [0, 0.1) is 11.6 Å². The Morgan fingerprint density at radius 1 is 1.32 bits per heavy atom. The average molecular weight is 350 g/mol. The van der Waals surface area contributed by atoms with Gasteiger partial charge in [-0.3, -0.25) is 0 Å². The number of rotatable bonds is 1. The number of carbonyl (C=O) groups is 1. The molecule has 2 atom stereocenters. The molecule has 1 fully saturated rings. The summed E-state index contributed by atoms with van der Waals surface area (Å²) < 4.78 is 32.8. The molecule has 1 amide bonds. The molecule has 25 heavy (non-hydrogen) atoms. The fourth-order valence-corrected chi connectivity index (χ4v) is 3.54. The molecule has 1 saturated heterocycles. The van der Waals surface area contributed by atoms with Crippen LogP contribution in [0.4, 0.5) is 13.6 Å². The molecule has 1 aliphatic heterocycles. The normalized spacial score (nSPS) is 21.6. The molecule has 0 aliphatic carbocycles. The van der Waals surface area contributed by atoms with Gasteiger partial charge in [0, 0.05) is 24.2 Å². The number of likely N-dealkylation sites (tertiary alicyclic amines) is 1. The van der Waals surface area contributed by atoms with Gasteiger partial charge >= 0.3 is 6.09 Å². The van der Waals surface area contributed by atoms with E-state index in [1.54, 1.807) is 17.2 Å². The van der Waals surface area contributed by atoms with Gasteiger partial charge in [0.2, 0.25) is 0 Å². The largest absolute Gasteiger partial charge is 0.444 e. The monoisotopic (exact) mass is 350 g/mol. The number of aromatic amines is 1. The highest BCUT2D eigenvalue weighted by atomic mass is 19.2. The van der Waals surface area contributed by atoms with Crippen molar-refractivity contribution in [1.82, 2.24) is 9.88 Å². The molecule has 0 bridgehead atoms. The number of halogens is 2. The van der Waals surface area contributed by atoms with Crippen LogP contribution in [0.15, 0.2) is 18.3 Å². The van der Waals surface area contributed by atoms with E-state index in [-0.39, 0.29) is 23.6 Å². The van der Waals surface area contributed by atoms with E-state index >= 15 is 0 Å². The number of carbonyl (C=O) groups excluding carboxylic acids is 1. The minimum absolute atomic E-state index is 0.0174. The molecule has 2 unspecified atom stereocenters. The molecule has 1 aromatic carbocycles. The van der Waals surface area contributed by atoms with Crippen molar-refractivity contribution < 1.29 is 18.3 Å². The Balaban J connectivity index is 1.78. The second-order valence-electron chi connectivity index (χ2n) is 7.77. The standard InChI is InChI=1S/C19H24F2N2O2/c1-11-9-12(7-8-23(11)18(24)25-19(2,3)4)14-10-22-17-13(14)5-6-15(20)16(17)21/h5-6,10-12,22H,7-9H2,1-4H3. The minimum Gasteiger partial charge on any atom is -0.444 e. The van der Waals surface area contributed by atoms with E-state index in [1.165, 1.54) is 0 Å². The number of benzene rings is 1. The van der Waals surface area contributed by atoms with Crippen LogP contribution in [-0.2, 0) is 4.74 Å². The highest BCUT2D eigenvalue weighted by Crippen LogP contribution is 2.36. The van der Waals surface area contributed by atoms with Crippen molar-refractivity contribution in [1.29, 1.82) is 0 Å². The van der Waals surface area contributed by atoms with Crippen molar-refractivity contribution >= 4 is 17.0 Å². The molecule has 1 aromatic heterocycles. The third-order valence-electron chi connectivity index (χ3n) is 4.72. The third-order valence-corrected chi connectivity index (χ3v) is 4.72. The van der Waals surface area contributed by atoms with E-state index in [2.05, 4.69) is 4.98 Å². The second-order valence-corrected chi connectivity index (χ2v) is 7.77. The van der Waals surface area contributed by atoms with Crippen molar-refractivity contribution in [3.05, 3.63) is 35.5 Å². The van der Waals surface area contributed by atoms with Crippen molar-refractivity contribution in [3.8, 4) is 0 Å². The molecule has 6 heteroatoms. The minimum atomic E-state index is -0.853. The smallest absolute Gasteiger partial charge is 0.410 e. The number of hydrogen-bond acceptors (Lipinski definition) is 2. The van der Waals surface area contributed by atoms with Gasteiger partial charge in [-0.15, -0.1) is 0 Å². The first-order valence-electron chi connectivity index (χ1n) is 8.62. The van der Waals surface area contributed by atoms with E-state index in [4.69, 9.17) is 4.74 Å². The maximum Gasteiger partial charge on any atom is 0.410 e. The molecule has 0 radical (unpaired) electrons. The van der Waals surface area contributed by atoms with Crippen LogP contribution >= 0.6 is 0 Å². The highest BCUT2D eigenvalue weighted by molar-refractivity contribution is 5.84. The van der Waals surface area contributed by atoms with E-state index in [1.807, 2.05) is 27.7 Å². The van der Waals surface area contributed by atoms with Gasteiger partial charge in [0.25, 0.3) is 0 Å². The lowest BCUT2D eigenvalue weighted by Crippen LogP contribution is -2.46. The summed E-state index contributed by atoms with van der Waals surface area (Å²) in [6.07, 6.45) is 2.97. The van der Waals surface area contributed by atoms with E-state index in [9.17, 15) is 13.6 Å². The number of H-pyrrole nitrogens is 1. The molecule has 136 valence electrons. The maximum atomic E-state index is 13.9. The summed E-state index contributed by atoms with van der Waals surface area (Å²) in [6.45, 7) is 8.12. The zero-order valence-corrected chi connectivity index (χ0v) is 15.0. The van der Waals surface area contributed by atoms with Gasteiger partial charge in [-0.2, -0.15) is 0 Å². The third kappa shape index (κ3) is 3.48.